The molecule has 2 fully saturated rings. The SMILES string of the molecule is O=C(O)C1CCCC1SC1CCOCC1. The first-order valence-electron chi connectivity index (χ1n) is 5.73. The minimum atomic E-state index is -0.600. The Morgan fingerprint density at radius 3 is 2.60 bits per heavy atom. The molecule has 0 aromatic heterocycles. The lowest BCUT2D eigenvalue weighted by atomic mass is 10.1. The van der Waals surface area contributed by atoms with Gasteiger partial charge in [0.25, 0.3) is 0 Å². The second-order valence-electron chi connectivity index (χ2n) is 4.36. The Hall–Kier alpha value is -0.220. The molecule has 4 heteroatoms. The van der Waals surface area contributed by atoms with E-state index in [4.69, 9.17) is 9.84 Å². The summed E-state index contributed by atoms with van der Waals surface area (Å²) < 4.78 is 5.31. The lowest BCUT2D eigenvalue weighted by molar-refractivity contribution is -0.141. The van der Waals surface area contributed by atoms with Gasteiger partial charge in [0.05, 0.1) is 5.92 Å². The zero-order chi connectivity index (χ0) is 10.7. The van der Waals surface area contributed by atoms with E-state index in [-0.39, 0.29) is 5.92 Å². The van der Waals surface area contributed by atoms with Crippen molar-refractivity contribution >= 4 is 17.7 Å². The van der Waals surface area contributed by atoms with Crippen LogP contribution in [-0.2, 0) is 9.53 Å². The van der Waals surface area contributed by atoms with E-state index in [0.717, 1.165) is 45.3 Å². The van der Waals surface area contributed by atoms with E-state index in [1.807, 2.05) is 11.8 Å². The number of thioether (sulfide) groups is 1. The lowest BCUT2D eigenvalue weighted by Crippen LogP contribution is -2.25. The second kappa shape index (κ2) is 5.21. The van der Waals surface area contributed by atoms with Gasteiger partial charge in [0.1, 0.15) is 0 Å². The molecule has 0 spiro atoms. The van der Waals surface area contributed by atoms with Crippen LogP contribution in [-0.4, -0.2) is 34.8 Å². The standard InChI is InChI=1S/C11H18O3S/c12-11(13)9-2-1-3-10(9)15-8-4-6-14-7-5-8/h8-10H,1-7H2,(H,12,13). The molecule has 1 aliphatic carbocycles. The molecule has 1 heterocycles. The minimum Gasteiger partial charge on any atom is -0.481 e. The predicted octanol–water partition coefficient (Wildman–Crippen LogP) is 2.15. The van der Waals surface area contributed by atoms with Gasteiger partial charge in [-0.3, -0.25) is 4.79 Å². The van der Waals surface area contributed by atoms with Crippen molar-refractivity contribution in [3.05, 3.63) is 0 Å². The first-order chi connectivity index (χ1) is 7.27. The average molecular weight is 230 g/mol. The summed E-state index contributed by atoms with van der Waals surface area (Å²) in [5.41, 5.74) is 0. The van der Waals surface area contributed by atoms with Crippen LogP contribution in [0.5, 0.6) is 0 Å². The monoisotopic (exact) mass is 230 g/mol. The van der Waals surface area contributed by atoms with Crippen LogP contribution in [0.2, 0.25) is 0 Å². The van der Waals surface area contributed by atoms with Crippen LogP contribution in [0.4, 0.5) is 0 Å². The summed E-state index contributed by atoms with van der Waals surface area (Å²) >= 11 is 1.90. The largest absolute Gasteiger partial charge is 0.481 e. The summed E-state index contributed by atoms with van der Waals surface area (Å²) in [4.78, 5) is 11.0. The summed E-state index contributed by atoms with van der Waals surface area (Å²) in [6.07, 6.45) is 5.22. The van der Waals surface area contributed by atoms with Gasteiger partial charge in [-0.25, -0.2) is 0 Å². The average Bonchev–Trinajstić information content (AvgIpc) is 2.67. The zero-order valence-electron chi connectivity index (χ0n) is 8.85. The zero-order valence-corrected chi connectivity index (χ0v) is 9.67. The third kappa shape index (κ3) is 2.88. The van der Waals surface area contributed by atoms with Crippen LogP contribution in [0, 0.1) is 5.92 Å². The molecule has 15 heavy (non-hydrogen) atoms. The number of carboxylic acids is 1. The maximum Gasteiger partial charge on any atom is 0.307 e. The summed E-state index contributed by atoms with van der Waals surface area (Å²) in [6.45, 7) is 1.70. The van der Waals surface area contributed by atoms with Gasteiger partial charge in [0.15, 0.2) is 0 Å². The molecule has 1 N–H and O–H groups in total. The van der Waals surface area contributed by atoms with E-state index >= 15 is 0 Å². The van der Waals surface area contributed by atoms with Crippen molar-refractivity contribution in [1.29, 1.82) is 0 Å². The summed E-state index contributed by atoms with van der Waals surface area (Å²) in [7, 11) is 0. The van der Waals surface area contributed by atoms with Crippen molar-refractivity contribution < 1.29 is 14.6 Å². The van der Waals surface area contributed by atoms with Crippen molar-refractivity contribution in [2.75, 3.05) is 13.2 Å². The number of hydrogen-bond acceptors (Lipinski definition) is 3. The Bertz CT molecular complexity index is 226. The van der Waals surface area contributed by atoms with Crippen LogP contribution in [0.25, 0.3) is 0 Å². The number of ether oxygens (including phenoxy) is 1. The van der Waals surface area contributed by atoms with Gasteiger partial charge in [-0.15, -0.1) is 0 Å². The van der Waals surface area contributed by atoms with Gasteiger partial charge in [-0.1, -0.05) is 6.42 Å². The molecule has 0 radical (unpaired) electrons. The van der Waals surface area contributed by atoms with Crippen molar-refractivity contribution in [3.63, 3.8) is 0 Å². The van der Waals surface area contributed by atoms with Gasteiger partial charge in [-0.2, -0.15) is 11.8 Å². The summed E-state index contributed by atoms with van der Waals surface area (Å²) in [5.74, 6) is -0.699. The van der Waals surface area contributed by atoms with Crippen molar-refractivity contribution in [3.8, 4) is 0 Å². The van der Waals surface area contributed by atoms with Crippen LogP contribution in [0.1, 0.15) is 32.1 Å². The van der Waals surface area contributed by atoms with Gasteiger partial charge < -0.3 is 9.84 Å². The van der Waals surface area contributed by atoms with E-state index in [9.17, 15) is 4.79 Å². The molecule has 1 saturated heterocycles. The Kier molecular flexibility index (Phi) is 3.92. The number of carbonyl (C=O) groups is 1. The van der Waals surface area contributed by atoms with Gasteiger partial charge in [0.2, 0.25) is 0 Å². The van der Waals surface area contributed by atoms with Crippen LogP contribution in [0.15, 0.2) is 0 Å². The molecule has 86 valence electrons. The first kappa shape index (κ1) is 11.3. The highest BCUT2D eigenvalue weighted by molar-refractivity contribution is 8.00. The molecule has 0 aromatic carbocycles. The van der Waals surface area contributed by atoms with Crippen molar-refractivity contribution in [2.45, 2.75) is 42.6 Å². The third-order valence-electron chi connectivity index (χ3n) is 3.31. The number of carboxylic acid groups (broad SMARTS) is 1. The number of rotatable bonds is 3. The van der Waals surface area contributed by atoms with Crippen LogP contribution < -0.4 is 0 Å². The molecule has 1 saturated carbocycles. The molecular formula is C11H18O3S. The van der Waals surface area contributed by atoms with E-state index in [1.165, 1.54) is 0 Å². The predicted molar refractivity (Wildman–Crippen MR) is 60.2 cm³/mol. The molecule has 0 aromatic rings. The maximum atomic E-state index is 11.0. The normalized spacial score (nSPS) is 33.1. The van der Waals surface area contributed by atoms with Crippen LogP contribution >= 0.6 is 11.8 Å². The number of aliphatic carboxylic acids is 1. The fourth-order valence-electron chi connectivity index (χ4n) is 2.43. The smallest absolute Gasteiger partial charge is 0.307 e. The van der Waals surface area contributed by atoms with Gasteiger partial charge >= 0.3 is 5.97 Å². The van der Waals surface area contributed by atoms with E-state index in [1.54, 1.807) is 0 Å². The lowest BCUT2D eigenvalue weighted by Gasteiger charge is -2.26. The Labute approximate surface area is 94.6 Å². The molecule has 2 aliphatic rings. The minimum absolute atomic E-state index is 0.0992. The Balaban J connectivity index is 1.84. The van der Waals surface area contributed by atoms with E-state index in [0.29, 0.717) is 10.5 Å². The molecule has 0 amide bonds. The van der Waals surface area contributed by atoms with Gasteiger partial charge in [0, 0.05) is 23.7 Å². The summed E-state index contributed by atoms with van der Waals surface area (Å²) in [5, 5.41) is 10.1. The first-order valence-corrected chi connectivity index (χ1v) is 6.67. The molecule has 0 bridgehead atoms. The number of hydrogen-bond donors (Lipinski definition) is 1. The van der Waals surface area contributed by atoms with E-state index < -0.39 is 5.97 Å². The Morgan fingerprint density at radius 1 is 1.20 bits per heavy atom. The maximum absolute atomic E-state index is 11.0. The summed E-state index contributed by atoms with van der Waals surface area (Å²) in [6, 6.07) is 0. The Morgan fingerprint density at radius 2 is 1.93 bits per heavy atom. The van der Waals surface area contributed by atoms with E-state index in [2.05, 4.69) is 0 Å². The second-order valence-corrected chi connectivity index (χ2v) is 5.91. The van der Waals surface area contributed by atoms with Crippen LogP contribution in [0.3, 0.4) is 0 Å². The molecule has 2 atom stereocenters. The topological polar surface area (TPSA) is 46.5 Å². The highest BCUT2D eigenvalue weighted by Gasteiger charge is 2.35. The molecule has 2 rings (SSSR count). The third-order valence-corrected chi connectivity index (χ3v) is 5.08. The highest BCUT2D eigenvalue weighted by Crippen LogP contribution is 2.39. The molecular weight excluding hydrogens is 212 g/mol. The quantitative estimate of drug-likeness (QED) is 0.807. The molecule has 1 aliphatic heterocycles. The van der Waals surface area contributed by atoms with Gasteiger partial charge in [-0.05, 0) is 25.7 Å². The fourth-order valence-corrected chi connectivity index (χ4v) is 4.13. The molecule has 3 nitrogen and oxygen atoms in total. The van der Waals surface area contributed by atoms with Crippen molar-refractivity contribution in [2.24, 2.45) is 5.92 Å². The highest BCUT2D eigenvalue weighted by atomic mass is 32.2. The van der Waals surface area contributed by atoms with Crippen molar-refractivity contribution in [1.82, 2.24) is 0 Å². The molecule has 2 unspecified atom stereocenters. The fraction of sp³-hybridized carbons (Fsp3) is 0.909.